The summed E-state index contributed by atoms with van der Waals surface area (Å²) < 4.78 is 5.56. The molecule has 0 amide bonds. The first-order valence-corrected chi connectivity index (χ1v) is 8.09. The first-order valence-electron chi connectivity index (χ1n) is 8.09. The summed E-state index contributed by atoms with van der Waals surface area (Å²) >= 11 is 0. The lowest BCUT2D eigenvalue weighted by Gasteiger charge is -2.37. The Balaban J connectivity index is 2.10. The largest absolute Gasteiger partial charge is 0.494 e. The SMILES string of the molecule is CCCOc1ccc(C(=O)C2(CN)CCC(C)CC2)cc1. The second-order valence-electron chi connectivity index (χ2n) is 6.37. The van der Waals surface area contributed by atoms with Gasteiger partial charge in [0.25, 0.3) is 0 Å². The van der Waals surface area contributed by atoms with E-state index < -0.39 is 0 Å². The van der Waals surface area contributed by atoms with Gasteiger partial charge in [0.05, 0.1) is 6.61 Å². The fraction of sp³-hybridized carbons (Fsp3) is 0.611. The average Bonchev–Trinajstić information content (AvgIpc) is 2.54. The van der Waals surface area contributed by atoms with Crippen molar-refractivity contribution in [2.24, 2.45) is 17.1 Å². The van der Waals surface area contributed by atoms with Crippen LogP contribution in [0.4, 0.5) is 0 Å². The molecule has 0 bridgehead atoms. The molecule has 116 valence electrons. The Morgan fingerprint density at radius 2 is 1.90 bits per heavy atom. The van der Waals surface area contributed by atoms with Gasteiger partial charge in [0, 0.05) is 17.5 Å². The fourth-order valence-corrected chi connectivity index (χ4v) is 3.07. The Morgan fingerprint density at radius 3 is 2.43 bits per heavy atom. The summed E-state index contributed by atoms with van der Waals surface area (Å²) in [5.41, 5.74) is 6.39. The highest BCUT2D eigenvalue weighted by Crippen LogP contribution is 2.40. The van der Waals surface area contributed by atoms with Crippen molar-refractivity contribution in [2.75, 3.05) is 13.2 Å². The van der Waals surface area contributed by atoms with Crippen molar-refractivity contribution in [3.8, 4) is 5.75 Å². The zero-order valence-corrected chi connectivity index (χ0v) is 13.2. The Labute approximate surface area is 127 Å². The van der Waals surface area contributed by atoms with Gasteiger partial charge in [-0.2, -0.15) is 0 Å². The molecule has 2 N–H and O–H groups in total. The average molecular weight is 289 g/mol. The molecule has 0 saturated heterocycles. The molecule has 1 aliphatic carbocycles. The Kier molecular flexibility index (Phi) is 5.40. The first kappa shape index (κ1) is 16.0. The van der Waals surface area contributed by atoms with E-state index in [4.69, 9.17) is 10.5 Å². The van der Waals surface area contributed by atoms with E-state index in [1.807, 2.05) is 24.3 Å². The van der Waals surface area contributed by atoms with E-state index in [2.05, 4.69) is 13.8 Å². The maximum Gasteiger partial charge on any atom is 0.170 e. The highest BCUT2D eigenvalue weighted by atomic mass is 16.5. The molecule has 0 spiro atoms. The monoisotopic (exact) mass is 289 g/mol. The molecule has 3 heteroatoms. The van der Waals surface area contributed by atoms with Crippen LogP contribution in [-0.2, 0) is 0 Å². The molecular formula is C18H27NO2. The molecule has 21 heavy (non-hydrogen) atoms. The minimum Gasteiger partial charge on any atom is -0.494 e. The topological polar surface area (TPSA) is 52.3 Å². The number of ether oxygens (including phenoxy) is 1. The van der Waals surface area contributed by atoms with Crippen LogP contribution in [0.3, 0.4) is 0 Å². The van der Waals surface area contributed by atoms with Crippen LogP contribution in [0.5, 0.6) is 5.75 Å². The Bertz CT molecular complexity index is 459. The molecule has 1 aromatic rings. The third-order valence-electron chi connectivity index (χ3n) is 4.69. The van der Waals surface area contributed by atoms with Crippen LogP contribution in [0, 0.1) is 11.3 Å². The summed E-state index contributed by atoms with van der Waals surface area (Å²) in [4.78, 5) is 12.9. The molecule has 1 fully saturated rings. The molecule has 1 aromatic carbocycles. The number of carbonyl (C=O) groups is 1. The van der Waals surface area contributed by atoms with Gasteiger partial charge in [0.15, 0.2) is 5.78 Å². The van der Waals surface area contributed by atoms with Crippen LogP contribution in [0.2, 0.25) is 0 Å². The number of carbonyl (C=O) groups excluding carboxylic acids is 1. The van der Waals surface area contributed by atoms with Crippen LogP contribution in [0.15, 0.2) is 24.3 Å². The lowest BCUT2D eigenvalue weighted by molar-refractivity contribution is 0.0695. The summed E-state index contributed by atoms with van der Waals surface area (Å²) in [6, 6.07) is 7.53. The lowest BCUT2D eigenvalue weighted by atomic mass is 9.67. The van der Waals surface area contributed by atoms with Gasteiger partial charge in [-0.15, -0.1) is 0 Å². The highest BCUT2D eigenvalue weighted by molar-refractivity contribution is 6.00. The second-order valence-corrected chi connectivity index (χ2v) is 6.37. The Hall–Kier alpha value is -1.35. The van der Waals surface area contributed by atoms with E-state index in [9.17, 15) is 4.79 Å². The number of benzene rings is 1. The third-order valence-corrected chi connectivity index (χ3v) is 4.69. The maximum absolute atomic E-state index is 12.9. The molecule has 1 saturated carbocycles. The molecule has 0 aliphatic heterocycles. The van der Waals surface area contributed by atoms with Crippen molar-refractivity contribution in [1.29, 1.82) is 0 Å². The number of rotatable bonds is 6. The normalized spacial score (nSPS) is 25.6. The van der Waals surface area contributed by atoms with E-state index in [-0.39, 0.29) is 11.2 Å². The predicted octanol–water partition coefficient (Wildman–Crippen LogP) is 3.81. The van der Waals surface area contributed by atoms with Gasteiger partial charge in [-0.05, 0) is 62.3 Å². The van der Waals surface area contributed by atoms with E-state index in [1.165, 1.54) is 0 Å². The third kappa shape index (κ3) is 3.65. The minimum atomic E-state index is -0.349. The number of nitrogens with two attached hydrogens (primary N) is 1. The van der Waals surface area contributed by atoms with Crippen molar-refractivity contribution >= 4 is 5.78 Å². The van der Waals surface area contributed by atoms with Crippen LogP contribution < -0.4 is 10.5 Å². The van der Waals surface area contributed by atoms with E-state index >= 15 is 0 Å². The lowest BCUT2D eigenvalue weighted by Crippen LogP contribution is -2.41. The van der Waals surface area contributed by atoms with Gasteiger partial charge in [-0.3, -0.25) is 4.79 Å². The van der Waals surface area contributed by atoms with Crippen molar-refractivity contribution < 1.29 is 9.53 Å². The summed E-state index contributed by atoms with van der Waals surface area (Å²) in [5, 5.41) is 0. The number of Topliss-reactive ketones (excluding diaryl/α,β-unsaturated/α-hetero) is 1. The number of hydrogen-bond acceptors (Lipinski definition) is 3. The van der Waals surface area contributed by atoms with E-state index in [0.717, 1.165) is 43.4 Å². The van der Waals surface area contributed by atoms with Gasteiger partial charge in [0.2, 0.25) is 0 Å². The summed E-state index contributed by atoms with van der Waals surface area (Å²) in [7, 11) is 0. The molecule has 2 rings (SSSR count). The molecular weight excluding hydrogens is 262 g/mol. The van der Waals surface area contributed by atoms with Crippen molar-refractivity contribution in [2.45, 2.75) is 46.0 Å². The quantitative estimate of drug-likeness (QED) is 0.810. The number of hydrogen-bond donors (Lipinski definition) is 1. The molecule has 0 unspecified atom stereocenters. The highest BCUT2D eigenvalue weighted by Gasteiger charge is 2.39. The molecule has 1 aliphatic rings. The van der Waals surface area contributed by atoms with Crippen molar-refractivity contribution in [3.05, 3.63) is 29.8 Å². The van der Waals surface area contributed by atoms with Gasteiger partial charge < -0.3 is 10.5 Å². The predicted molar refractivity (Wildman–Crippen MR) is 85.7 cm³/mol. The van der Waals surface area contributed by atoms with E-state index in [0.29, 0.717) is 19.1 Å². The second kappa shape index (κ2) is 7.08. The standard InChI is InChI=1S/C18H27NO2/c1-3-12-21-16-6-4-15(5-7-16)17(20)18(13-19)10-8-14(2)9-11-18/h4-7,14H,3,8-13,19H2,1-2H3. The van der Waals surface area contributed by atoms with Gasteiger partial charge >= 0.3 is 0 Å². The minimum absolute atomic E-state index is 0.207. The zero-order valence-electron chi connectivity index (χ0n) is 13.2. The zero-order chi connectivity index (χ0) is 15.3. The summed E-state index contributed by atoms with van der Waals surface area (Å²) in [6.07, 6.45) is 5.01. The van der Waals surface area contributed by atoms with Gasteiger partial charge in [0.1, 0.15) is 5.75 Å². The first-order chi connectivity index (χ1) is 10.1. The molecule has 0 radical (unpaired) electrons. The number of ketones is 1. The van der Waals surface area contributed by atoms with Crippen LogP contribution in [0.25, 0.3) is 0 Å². The van der Waals surface area contributed by atoms with Crippen LogP contribution in [-0.4, -0.2) is 18.9 Å². The molecule has 0 heterocycles. The van der Waals surface area contributed by atoms with Gasteiger partial charge in [-0.25, -0.2) is 0 Å². The fourth-order valence-electron chi connectivity index (χ4n) is 3.07. The smallest absolute Gasteiger partial charge is 0.170 e. The summed E-state index contributed by atoms with van der Waals surface area (Å²) in [6.45, 7) is 5.49. The van der Waals surface area contributed by atoms with Crippen molar-refractivity contribution in [3.63, 3.8) is 0 Å². The van der Waals surface area contributed by atoms with Gasteiger partial charge in [-0.1, -0.05) is 13.8 Å². The van der Waals surface area contributed by atoms with Crippen LogP contribution in [0.1, 0.15) is 56.3 Å². The maximum atomic E-state index is 12.9. The van der Waals surface area contributed by atoms with Crippen molar-refractivity contribution in [1.82, 2.24) is 0 Å². The molecule has 0 aromatic heterocycles. The van der Waals surface area contributed by atoms with E-state index in [1.54, 1.807) is 0 Å². The molecule has 0 atom stereocenters. The Morgan fingerprint density at radius 1 is 1.29 bits per heavy atom. The van der Waals surface area contributed by atoms with Crippen LogP contribution >= 0.6 is 0 Å². The molecule has 3 nitrogen and oxygen atoms in total. The summed E-state index contributed by atoms with van der Waals surface area (Å²) in [5.74, 6) is 1.74.